The lowest BCUT2D eigenvalue weighted by molar-refractivity contribution is 0.0525. The number of aryl methyl sites for hydroxylation is 1. The normalized spacial score (nSPS) is 16.9. The second-order valence-corrected chi connectivity index (χ2v) is 5.78. The number of rotatable bonds is 2. The molecule has 19 heavy (non-hydrogen) atoms. The Morgan fingerprint density at radius 3 is 2.74 bits per heavy atom. The molecule has 0 saturated carbocycles. The second-order valence-electron chi connectivity index (χ2n) is 5.78. The maximum Gasteiger partial charge on any atom is 0.339 e. The Bertz CT molecular complexity index is 547. The summed E-state index contributed by atoms with van der Waals surface area (Å²) in [5.41, 5.74) is 2.34. The molecule has 1 aromatic rings. The van der Waals surface area contributed by atoms with Gasteiger partial charge in [0, 0.05) is 12.0 Å². The Morgan fingerprint density at radius 1 is 1.42 bits per heavy atom. The van der Waals surface area contributed by atoms with Crippen molar-refractivity contribution in [3.8, 4) is 0 Å². The first-order valence-corrected chi connectivity index (χ1v) is 6.55. The van der Waals surface area contributed by atoms with E-state index >= 15 is 0 Å². The number of ether oxygens (including phenoxy) is 1. The third-order valence-corrected chi connectivity index (χ3v) is 3.37. The van der Waals surface area contributed by atoms with Crippen molar-refractivity contribution in [2.75, 3.05) is 6.61 Å². The van der Waals surface area contributed by atoms with Crippen molar-refractivity contribution in [3.05, 3.63) is 28.6 Å². The van der Waals surface area contributed by atoms with Crippen LogP contribution in [0.25, 0.3) is 0 Å². The van der Waals surface area contributed by atoms with Crippen LogP contribution in [0.2, 0.25) is 0 Å². The molecule has 1 aliphatic carbocycles. The summed E-state index contributed by atoms with van der Waals surface area (Å²) in [6.07, 6.45) is 1.25. The second kappa shape index (κ2) is 4.76. The van der Waals surface area contributed by atoms with Gasteiger partial charge in [0.05, 0.1) is 23.6 Å². The van der Waals surface area contributed by atoms with Gasteiger partial charge in [-0.3, -0.25) is 9.78 Å². The number of ketones is 1. The van der Waals surface area contributed by atoms with Gasteiger partial charge in [-0.25, -0.2) is 4.79 Å². The number of hydrogen-bond acceptors (Lipinski definition) is 4. The molecule has 0 amide bonds. The number of aromatic nitrogens is 1. The summed E-state index contributed by atoms with van der Waals surface area (Å²) >= 11 is 0. The van der Waals surface area contributed by atoms with E-state index in [0.29, 0.717) is 29.8 Å². The highest BCUT2D eigenvalue weighted by Gasteiger charge is 2.33. The van der Waals surface area contributed by atoms with Crippen LogP contribution in [0.1, 0.15) is 59.3 Å². The van der Waals surface area contributed by atoms with Gasteiger partial charge in [0.2, 0.25) is 0 Å². The van der Waals surface area contributed by atoms with Crippen LogP contribution in [0, 0.1) is 12.3 Å². The Balaban J connectivity index is 2.47. The molecule has 0 saturated heterocycles. The number of hydrogen-bond donors (Lipinski definition) is 0. The molecular formula is C15H19NO3. The van der Waals surface area contributed by atoms with Gasteiger partial charge in [-0.2, -0.15) is 0 Å². The van der Waals surface area contributed by atoms with Crippen molar-refractivity contribution < 1.29 is 14.3 Å². The van der Waals surface area contributed by atoms with Gasteiger partial charge in [0.15, 0.2) is 5.78 Å². The molecule has 0 N–H and O–H groups in total. The van der Waals surface area contributed by atoms with Crippen molar-refractivity contribution in [3.63, 3.8) is 0 Å². The summed E-state index contributed by atoms with van der Waals surface area (Å²) in [6, 6.07) is 1.65. The minimum absolute atomic E-state index is 0.0595. The smallest absolute Gasteiger partial charge is 0.339 e. The van der Waals surface area contributed by atoms with E-state index in [2.05, 4.69) is 18.8 Å². The van der Waals surface area contributed by atoms with Crippen LogP contribution in [0.3, 0.4) is 0 Å². The topological polar surface area (TPSA) is 56.3 Å². The fourth-order valence-electron chi connectivity index (χ4n) is 2.49. The molecule has 0 unspecified atom stereocenters. The van der Waals surface area contributed by atoms with Crippen molar-refractivity contribution in [1.82, 2.24) is 4.98 Å². The third-order valence-electron chi connectivity index (χ3n) is 3.37. The van der Waals surface area contributed by atoms with Crippen molar-refractivity contribution in [2.45, 2.75) is 40.5 Å². The molecule has 0 aliphatic heterocycles. The zero-order valence-electron chi connectivity index (χ0n) is 11.9. The Morgan fingerprint density at radius 2 is 2.11 bits per heavy atom. The van der Waals surface area contributed by atoms with Crippen LogP contribution in [0.4, 0.5) is 0 Å². The number of pyridine rings is 1. The quantitative estimate of drug-likeness (QED) is 0.768. The van der Waals surface area contributed by atoms with Crippen LogP contribution in [0.15, 0.2) is 6.07 Å². The molecule has 0 fully saturated rings. The Hall–Kier alpha value is -1.71. The lowest BCUT2D eigenvalue weighted by atomic mass is 9.75. The summed E-state index contributed by atoms with van der Waals surface area (Å²) in [5, 5.41) is 0. The van der Waals surface area contributed by atoms with Crippen molar-refractivity contribution in [1.29, 1.82) is 0 Å². The van der Waals surface area contributed by atoms with Crippen molar-refractivity contribution in [2.24, 2.45) is 5.41 Å². The van der Waals surface area contributed by atoms with E-state index in [-0.39, 0.29) is 11.2 Å². The van der Waals surface area contributed by atoms with E-state index in [0.717, 1.165) is 12.1 Å². The summed E-state index contributed by atoms with van der Waals surface area (Å²) in [5.74, 6) is -0.350. The summed E-state index contributed by atoms with van der Waals surface area (Å²) in [7, 11) is 0. The van der Waals surface area contributed by atoms with Gasteiger partial charge >= 0.3 is 5.97 Å². The predicted molar refractivity (Wildman–Crippen MR) is 71.4 cm³/mol. The monoisotopic (exact) mass is 261 g/mol. The van der Waals surface area contributed by atoms with Gasteiger partial charge in [-0.1, -0.05) is 13.8 Å². The molecule has 0 atom stereocenters. The van der Waals surface area contributed by atoms with Crippen LogP contribution in [-0.2, 0) is 11.2 Å². The first-order valence-electron chi connectivity index (χ1n) is 6.55. The molecule has 0 radical (unpaired) electrons. The van der Waals surface area contributed by atoms with Crippen LogP contribution in [0.5, 0.6) is 0 Å². The van der Waals surface area contributed by atoms with E-state index in [9.17, 15) is 9.59 Å². The highest BCUT2D eigenvalue weighted by Crippen LogP contribution is 2.34. The van der Waals surface area contributed by atoms with E-state index in [4.69, 9.17) is 4.74 Å². The molecule has 102 valence electrons. The number of fused-ring (bicyclic) bond motifs is 1. The fourth-order valence-corrected chi connectivity index (χ4v) is 2.49. The Labute approximate surface area is 113 Å². The predicted octanol–water partition coefficient (Wildman–Crippen LogP) is 2.72. The van der Waals surface area contributed by atoms with Crippen LogP contribution in [-0.4, -0.2) is 23.3 Å². The molecule has 4 heteroatoms. The molecule has 2 rings (SSSR count). The van der Waals surface area contributed by atoms with E-state index in [1.165, 1.54) is 0 Å². The first-order chi connectivity index (χ1) is 8.84. The number of Topliss-reactive ketones (excluding diaryl/α,β-unsaturated/α-hetero) is 1. The third kappa shape index (κ3) is 2.67. The van der Waals surface area contributed by atoms with E-state index < -0.39 is 5.97 Å². The van der Waals surface area contributed by atoms with Crippen LogP contribution >= 0.6 is 0 Å². The number of nitrogens with zero attached hydrogens (tertiary/aromatic N) is 1. The van der Waals surface area contributed by atoms with Gasteiger partial charge in [-0.15, -0.1) is 0 Å². The number of carbonyl (C=O) groups is 2. The summed E-state index contributed by atoms with van der Waals surface area (Å²) < 4.78 is 4.99. The molecule has 1 aromatic heterocycles. The Kier molecular flexibility index (Phi) is 3.43. The molecule has 0 aromatic carbocycles. The molecule has 0 spiro atoms. The van der Waals surface area contributed by atoms with Crippen molar-refractivity contribution >= 4 is 11.8 Å². The maximum atomic E-state index is 12.2. The maximum absolute atomic E-state index is 12.2. The van der Waals surface area contributed by atoms with E-state index in [1.807, 2.05) is 0 Å². The first kappa shape index (κ1) is 13.7. The van der Waals surface area contributed by atoms with Gasteiger partial charge in [0.25, 0.3) is 0 Å². The summed E-state index contributed by atoms with van der Waals surface area (Å²) in [6.45, 7) is 7.97. The standard InChI is InChI=1S/C15H19NO3/c1-5-19-14(18)10-6-11-12(16-9(10)2)7-15(3,4)8-13(11)17/h6H,5,7-8H2,1-4H3. The molecule has 1 heterocycles. The molecule has 1 aliphatic rings. The van der Waals surface area contributed by atoms with Crippen LogP contribution < -0.4 is 0 Å². The fraction of sp³-hybridized carbons (Fsp3) is 0.533. The van der Waals surface area contributed by atoms with Gasteiger partial charge in [0.1, 0.15) is 0 Å². The largest absolute Gasteiger partial charge is 0.462 e. The summed E-state index contributed by atoms with van der Waals surface area (Å²) in [4.78, 5) is 28.4. The lowest BCUT2D eigenvalue weighted by Crippen LogP contribution is -2.28. The average molecular weight is 261 g/mol. The zero-order valence-corrected chi connectivity index (χ0v) is 11.9. The zero-order chi connectivity index (χ0) is 14.2. The van der Waals surface area contributed by atoms with E-state index in [1.54, 1.807) is 19.9 Å². The molecule has 0 bridgehead atoms. The lowest BCUT2D eigenvalue weighted by Gasteiger charge is -2.29. The van der Waals surface area contributed by atoms with Gasteiger partial charge in [-0.05, 0) is 31.7 Å². The highest BCUT2D eigenvalue weighted by molar-refractivity contribution is 6.01. The minimum atomic E-state index is -0.409. The molecular weight excluding hydrogens is 242 g/mol. The minimum Gasteiger partial charge on any atom is -0.462 e. The van der Waals surface area contributed by atoms with Gasteiger partial charge < -0.3 is 4.74 Å². The number of esters is 1. The highest BCUT2D eigenvalue weighted by atomic mass is 16.5. The SMILES string of the molecule is CCOC(=O)c1cc2c(nc1C)CC(C)(C)CC2=O. The molecule has 4 nitrogen and oxygen atoms in total. The average Bonchev–Trinajstić information content (AvgIpc) is 2.26. The number of carbonyl (C=O) groups excluding carboxylic acids is 2.